The van der Waals surface area contributed by atoms with Crippen LogP contribution < -0.4 is 0 Å². The van der Waals surface area contributed by atoms with Crippen LogP contribution in [0.4, 0.5) is 4.39 Å². The first-order valence-electron chi connectivity index (χ1n) is 17.9. The van der Waals surface area contributed by atoms with E-state index in [9.17, 15) is 24.3 Å². The number of aromatic carboxylic acids is 1. The molecular formula is C41H59FO8. The van der Waals surface area contributed by atoms with Crippen molar-refractivity contribution in [1.82, 2.24) is 0 Å². The first-order valence-corrected chi connectivity index (χ1v) is 17.9. The Bertz CT molecular complexity index is 1470. The quantitative estimate of drug-likeness (QED) is 0.237. The van der Waals surface area contributed by atoms with Crippen LogP contribution in [-0.2, 0) is 19.1 Å². The number of hydrogen-bond acceptors (Lipinski definition) is 7. The highest BCUT2D eigenvalue weighted by atomic mass is 19.1. The predicted molar refractivity (Wildman–Crippen MR) is 192 cm³/mol. The van der Waals surface area contributed by atoms with E-state index in [1.54, 1.807) is 19.1 Å². The van der Waals surface area contributed by atoms with Gasteiger partial charge in [-0.05, 0) is 86.0 Å². The molecule has 8 nitrogen and oxygen atoms in total. The Hall–Kier alpha value is -3.51. The van der Waals surface area contributed by atoms with Gasteiger partial charge < -0.3 is 19.4 Å². The van der Waals surface area contributed by atoms with Gasteiger partial charge in [0.15, 0.2) is 18.1 Å². The van der Waals surface area contributed by atoms with Crippen molar-refractivity contribution in [3.63, 3.8) is 0 Å². The molecule has 0 amide bonds. The number of halogens is 1. The van der Waals surface area contributed by atoms with Gasteiger partial charge in [-0.15, -0.1) is 5.92 Å². The van der Waals surface area contributed by atoms with Crippen molar-refractivity contribution >= 4 is 23.5 Å². The second-order valence-electron chi connectivity index (χ2n) is 15.6. The van der Waals surface area contributed by atoms with Gasteiger partial charge in [-0.1, -0.05) is 79.9 Å². The Kier molecular flexibility index (Phi) is 14.6. The summed E-state index contributed by atoms with van der Waals surface area (Å²) in [4.78, 5) is 45.5. The molecule has 3 saturated carbocycles. The number of allylic oxidation sites excluding steroid dienone is 4. The third-order valence-corrected chi connectivity index (χ3v) is 10.8. The average Bonchev–Trinajstić information content (AvgIpc) is 3.65. The van der Waals surface area contributed by atoms with Crippen LogP contribution >= 0.6 is 0 Å². The van der Waals surface area contributed by atoms with Gasteiger partial charge >= 0.3 is 11.9 Å². The molecule has 5 rings (SSSR count). The third-order valence-electron chi connectivity index (χ3n) is 10.8. The zero-order valence-electron chi connectivity index (χ0n) is 31.9. The molecule has 0 spiro atoms. The summed E-state index contributed by atoms with van der Waals surface area (Å²) >= 11 is 0. The van der Waals surface area contributed by atoms with Crippen molar-refractivity contribution in [2.75, 3.05) is 6.61 Å². The van der Waals surface area contributed by atoms with Gasteiger partial charge in [-0.2, -0.15) is 0 Å². The van der Waals surface area contributed by atoms with Crippen LogP contribution in [0.2, 0.25) is 0 Å². The van der Waals surface area contributed by atoms with Gasteiger partial charge in [-0.3, -0.25) is 14.4 Å². The highest BCUT2D eigenvalue weighted by molar-refractivity contribution is 6.01. The summed E-state index contributed by atoms with van der Waals surface area (Å²) in [7, 11) is 0. The van der Waals surface area contributed by atoms with E-state index in [-0.39, 0.29) is 70.3 Å². The number of ether oxygens (including phenoxy) is 1. The van der Waals surface area contributed by atoms with Crippen LogP contribution in [0.3, 0.4) is 0 Å². The molecule has 0 aromatic carbocycles. The number of esters is 1. The zero-order chi connectivity index (χ0) is 38.2. The smallest absolute Gasteiger partial charge is 0.371 e. The largest absolute Gasteiger partial charge is 0.475 e. The van der Waals surface area contributed by atoms with Crippen LogP contribution in [0.25, 0.3) is 0 Å². The molecule has 50 heavy (non-hydrogen) atoms. The number of hydrogen-bond donors (Lipinski definition) is 2. The second kappa shape index (κ2) is 17.1. The molecule has 2 N–H and O–H groups in total. The van der Waals surface area contributed by atoms with Crippen molar-refractivity contribution in [3.05, 3.63) is 48.0 Å². The second-order valence-corrected chi connectivity index (χ2v) is 15.6. The molecule has 1 aromatic heterocycles. The standard InChI is InChI=1S/C23H31FO3.C11H18O2.C5H4O3.C2H6/c1-12-8-18-17-9-13(2)20(14(3)25)21(17,4)11-19(27)23(18,24)22(5)7-6-15(26)10-16(12)22;1-5-6-7-8-13-10(12)9-11(2,3)4;6-5(7)4-2-1-3-8-4;1-2/h6-7,10,12-13,17-20,27H,8-9,11H2,1-5H3;5,8-9H2,1-4H3;1-3H,(H,6,7);1-2H3/t12-,13+,17?,18?,19?,20?,21?,22?,23-;;;/m0.../s1. The Morgan fingerprint density at radius 2 is 1.74 bits per heavy atom. The minimum absolute atomic E-state index is 0.00469. The topological polar surface area (TPSA) is 131 Å². The number of alkyl halides is 1. The Labute approximate surface area is 298 Å². The molecule has 0 aliphatic heterocycles. The molecule has 1 aromatic rings. The first kappa shape index (κ1) is 42.7. The van der Waals surface area contributed by atoms with E-state index in [1.807, 2.05) is 48.5 Å². The highest BCUT2D eigenvalue weighted by Gasteiger charge is 2.72. The maximum Gasteiger partial charge on any atom is 0.371 e. The van der Waals surface area contributed by atoms with Crippen molar-refractivity contribution in [1.29, 1.82) is 0 Å². The number of carboxylic acid groups (broad SMARTS) is 1. The molecule has 0 radical (unpaired) electrons. The summed E-state index contributed by atoms with van der Waals surface area (Å²) in [5.41, 5.74) is -2.34. The minimum atomic E-state index is -1.81. The average molecular weight is 699 g/mol. The molecule has 0 saturated heterocycles. The summed E-state index contributed by atoms with van der Waals surface area (Å²) in [6, 6.07) is 2.92. The van der Waals surface area contributed by atoms with Gasteiger partial charge in [0.05, 0.1) is 18.8 Å². The lowest BCUT2D eigenvalue weighted by atomic mass is 9.43. The number of ketones is 2. The van der Waals surface area contributed by atoms with Gasteiger partial charge in [0, 0.05) is 23.7 Å². The molecule has 4 aliphatic rings. The molecule has 0 bridgehead atoms. The Balaban J connectivity index is 0.000000313. The van der Waals surface area contributed by atoms with Gasteiger partial charge in [-0.25, -0.2) is 9.18 Å². The minimum Gasteiger partial charge on any atom is -0.475 e. The lowest BCUT2D eigenvalue weighted by Crippen LogP contribution is -2.67. The lowest BCUT2D eigenvalue weighted by molar-refractivity contribution is -0.200. The van der Waals surface area contributed by atoms with E-state index in [2.05, 4.69) is 37.0 Å². The van der Waals surface area contributed by atoms with Gasteiger partial charge in [0.1, 0.15) is 5.78 Å². The molecule has 3 fully saturated rings. The number of carbonyl (C=O) groups is 4. The molecule has 9 heteroatoms. The fourth-order valence-corrected chi connectivity index (χ4v) is 9.01. The Morgan fingerprint density at radius 3 is 2.24 bits per heavy atom. The van der Waals surface area contributed by atoms with Crippen molar-refractivity contribution in [3.8, 4) is 11.8 Å². The van der Waals surface area contributed by atoms with Crippen LogP contribution in [0.15, 0.2) is 46.6 Å². The van der Waals surface area contributed by atoms with Crippen molar-refractivity contribution in [2.24, 2.45) is 45.8 Å². The molecule has 278 valence electrons. The summed E-state index contributed by atoms with van der Waals surface area (Å²) < 4.78 is 26.4. The molecule has 4 aliphatic carbocycles. The fourth-order valence-electron chi connectivity index (χ4n) is 9.01. The van der Waals surface area contributed by atoms with Crippen LogP contribution in [0.5, 0.6) is 0 Å². The summed E-state index contributed by atoms with van der Waals surface area (Å²) in [6.07, 6.45) is 7.91. The van der Waals surface area contributed by atoms with E-state index in [1.165, 1.54) is 24.5 Å². The van der Waals surface area contributed by atoms with E-state index < -0.39 is 23.2 Å². The van der Waals surface area contributed by atoms with E-state index in [4.69, 9.17) is 9.84 Å². The third kappa shape index (κ3) is 9.04. The number of fused-ring (bicyclic) bond motifs is 5. The number of Topliss-reactive ketones (excluding diaryl/α,β-unsaturated/α-hetero) is 1. The van der Waals surface area contributed by atoms with E-state index in [0.717, 1.165) is 18.4 Å². The van der Waals surface area contributed by atoms with Gasteiger partial charge in [0.25, 0.3) is 0 Å². The zero-order valence-corrected chi connectivity index (χ0v) is 31.9. The summed E-state index contributed by atoms with van der Waals surface area (Å²) in [5.74, 6) is 4.36. The number of furan rings is 1. The fraction of sp³-hybridized carbons (Fsp3) is 0.659. The molecule has 6 unspecified atom stereocenters. The van der Waals surface area contributed by atoms with Crippen molar-refractivity contribution < 1.29 is 42.9 Å². The van der Waals surface area contributed by atoms with Crippen LogP contribution in [-0.4, -0.2) is 52.1 Å². The van der Waals surface area contributed by atoms with Gasteiger partial charge in [0.2, 0.25) is 5.76 Å². The number of rotatable bonds is 4. The normalized spacial score (nSPS) is 33.4. The van der Waals surface area contributed by atoms with Crippen LogP contribution in [0, 0.1) is 57.7 Å². The molecular weight excluding hydrogens is 639 g/mol. The lowest BCUT2D eigenvalue weighted by Gasteiger charge is -2.63. The number of aliphatic hydroxyl groups excluding tert-OH is 1. The first-order chi connectivity index (χ1) is 23.2. The van der Waals surface area contributed by atoms with Crippen LogP contribution in [0.1, 0.15) is 119 Å². The maximum atomic E-state index is 17.0. The van der Waals surface area contributed by atoms with E-state index in [0.29, 0.717) is 19.3 Å². The van der Waals surface area contributed by atoms with Crippen molar-refractivity contribution in [2.45, 2.75) is 120 Å². The molecule has 1 heterocycles. The monoisotopic (exact) mass is 698 g/mol. The Morgan fingerprint density at radius 1 is 1.10 bits per heavy atom. The predicted octanol–water partition coefficient (Wildman–Crippen LogP) is 8.44. The number of carbonyl (C=O) groups excluding carboxylic acids is 3. The summed E-state index contributed by atoms with van der Waals surface area (Å²) in [6.45, 7) is 21.9. The highest BCUT2D eigenvalue weighted by Crippen LogP contribution is 2.70. The maximum absolute atomic E-state index is 17.0. The van der Waals surface area contributed by atoms with E-state index >= 15 is 4.39 Å². The number of carboxylic acids is 1. The molecule has 9 atom stereocenters. The summed E-state index contributed by atoms with van der Waals surface area (Å²) in [5, 5.41) is 19.4. The number of aliphatic hydroxyl groups is 1. The SMILES string of the molecule is CC.CC(=O)C1[C@H](C)CC2C3C[C@H](C)C4=CC(=O)C=CC4(C)[C@@]3(F)C(O)CC21C.CCC#CCOC(=O)CC(C)(C)C.O=C(O)c1ccco1.